The summed E-state index contributed by atoms with van der Waals surface area (Å²) in [6.45, 7) is 5.69. The van der Waals surface area contributed by atoms with Crippen LogP contribution in [0.5, 0.6) is 0 Å². The summed E-state index contributed by atoms with van der Waals surface area (Å²) in [5, 5.41) is 6.23. The molecule has 2 fully saturated rings. The molecule has 2 atom stereocenters. The lowest BCUT2D eigenvalue weighted by atomic mass is 9.85. The Morgan fingerprint density at radius 1 is 0.931 bits per heavy atom. The average molecular weight is 408 g/mol. The van der Waals surface area contributed by atoms with E-state index in [9.17, 15) is 14.6 Å². The number of hydrogen-bond acceptors (Lipinski definition) is 10. The van der Waals surface area contributed by atoms with E-state index in [1.54, 1.807) is 45.9 Å². The molecule has 10 heteroatoms. The summed E-state index contributed by atoms with van der Waals surface area (Å²) in [6.07, 6.45) is -1.39. The molecule has 0 radical (unpaired) electrons. The van der Waals surface area contributed by atoms with E-state index < -0.39 is 41.5 Å². The largest absolute Gasteiger partial charge is 0.424 e. The minimum absolute atomic E-state index is 0.199. The molecular formula is C19H24N2O8. The van der Waals surface area contributed by atoms with Gasteiger partial charge in [-0.05, 0) is 45.0 Å². The molecule has 2 unspecified atom stereocenters. The van der Waals surface area contributed by atoms with Crippen LogP contribution in [0, 0.1) is 9.81 Å². The van der Waals surface area contributed by atoms with Gasteiger partial charge in [-0.1, -0.05) is 23.4 Å². The van der Waals surface area contributed by atoms with Crippen LogP contribution in [0.3, 0.4) is 0 Å². The Bertz CT molecular complexity index is 772. The standard InChI is InChI=1S/C19H24N2O8/c1-16(2)25-10-18(20-23,11-26-16)15-19(21-24,12-27-17(3,4)29-15)28-14(22)13-8-6-5-7-9-13/h5-9,15H,10-12H2,1-4H3. The molecule has 0 amide bonds. The molecule has 3 rings (SSSR count). The fourth-order valence-corrected chi connectivity index (χ4v) is 3.19. The van der Waals surface area contributed by atoms with E-state index in [2.05, 4.69) is 10.4 Å². The minimum atomic E-state index is -2.16. The number of carbonyl (C=O) groups excluding carboxylic acids is 1. The topological polar surface area (TPSA) is 122 Å². The van der Waals surface area contributed by atoms with Crippen LogP contribution in [0.25, 0.3) is 0 Å². The Labute approximate surface area is 167 Å². The van der Waals surface area contributed by atoms with Crippen molar-refractivity contribution >= 4 is 5.97 Å². The summed E-state index contributed by atoms with van der Waals surface area (Å²) in [4.78, 5) is 36.6. The highest BCUT2D eigenvalue weighted by molar-refractivity contribution is 5.89. The number of ether oxygens (including phenoxy) is 5. The molecule has 2 saturated heterocycles. The number of hydrogen-bond donors (Lipinski definition) is 0. The predicted molar refractivity (Wildman–Crippen MR) is 99.8 cm³/mol. The highest BCUT2D eigenvalue weighted by Gasteiger charge is 2.64. The van der Waals surface area contributed by atoms with Crippen molar-refractivity contribution in [2.75, 3.05) is 19.8 Å². The van der Waals surface area contributed by atoms with E-state index in [0.29, 0.717) is 0 Å². The molecular weight excluding hydrogens is 384 g/mol. The second-order valence-electron chi connectivity index (χ2n) is 8.05. The lowest BCUT2D eigenvalue weighted by Gasteiger charge is -2.51. The molecule has 29 heavy (non-hydrogen) atoms. The van der Waals surface area contributed by atoms with Crippen LogP contribution in [0.15, 0.2) is 40.7 Å². The minimum Gasteiger partial charge on any atom is -0.424 e. The third-order valence-corrected chi connectivity index (χ3v) is 4.88. The first-order valence-electron chi connectivity index (χ1n) is 9.14. The van der Waals surface area contributed by atoms with Gasteiger partial charge in [0.25, 0.3) is 5.72 Å². The van der Waals surface area contributed by atoms with Gasteiger partial charge in [0.15, 0.2) is 23.2 Å². The van der Waals surface area contributed by atoms with Crippen molar-refractivity contribution in [1.29, 1.82) is 0 Å². The first kappa shape index (κ1) is 21.4. The Hall–Kier alpha value is -2.27. The monoisotopic (exact) mass is 408 g/mol. The quantitative estimate of drug-likeness (QED) is 0.538. The van der Waals surface area contributed by atoms with Gasteiger partial charge < -0.3 is 23.7 Å². The third-order valence-electron chi connectivity index (χ3n) is 4.88. The van der Waals surface area contributed by atoms with Gasteiger partial charge in [0.05, 0.1) is 18.8 Å². The lowest BCUT2D eigenvalue weighted by molar-refractivity contribution is -0.364. The van der Waals surface area contributed by atoms with Crippen molar-refractivity contribution < 1.29 is 28.5 Å². The van der Waals surface area contributed by atoms with Gasteiger partial charge in [-0.3, -0.25) is 0 Å². The number of nitroso groups, excluding NO2 is 2. The average Bonchev–Trinajstić information content (AvgIpc) is 2.70. The Kier molecular flexibility index (Phi) is 5.56. The lowest BCUT2D eigenvalue weighted by Crippen LogP contribution is -2.70. The van der Waals surface area contributed by atoms with Gasteiger partial charge in [0, 0.05) is 0 Å². The van der Waals surface area contributed by atoms with Crippen molar-refractivity contribution in [3.63, 3.8) is 0 Å². The van der Waals surface area contributed by atoms with Gasteiger partial charge >= 0.3 is 5.97 Å². The molecule has 0 N–H and O–H groups in total. The van der Waals surface area contributed by atoms with Gasteiger partial charge in [-0.25, -0.2) is 4.79 Å². The van der Waals surface area contributed by atoms with Crippen molar-refractivity contribution in [3.05, 3.63) is 45.7 Å². The maximum absolute atomic E-state index is 12.7. The molecule has 0 saturated carbocycles. The van der Waals surface area contributed by atoms with Crippen LogP contribution in [-0.4, -0.2) is 54.7 Å². The molecule has 2 heterocycles. The second-order valence-corrected chi connectivity index (χ2v) is 8.05. The van der Waals surface area contributed by atoms with E-state index in [4.69, 9.17) is 23.7 Å². The zero-order valence-electron chi connectivity index (χ0n) is 16.7. The molecule has 158 valence electrons. The molecule has 10 nitrogen and oxygen atoms in total. The van der Waals surface area contributed by atoms with Gasteiger partial charge in [0.1, 0.15) is 6.61 Å². The third kappa shape index (κ3) is 4.20. The smallest absolute Gasteiger partial charge is 0.340 e. The van der Waals surface area contributed by atoms with Crippen LogP contribution in [0.2, 0.25) is 0 Å². The second kappa shape index (κ2) is 7.52. The molecule has 0 aromatic heterocycles. The van der Waals surface area contributed by atoms with E-state index in [0.717, 1.165) is 0 Å². The molecule has 1 aromatic carbocycles. The first-order chi connectivity index (χ1) is 13.6. The van der Waals surface area contributed by atoms with Crippen LogP contribution in [-0.2, 0) is 23.7 Å². The summed E-state index contributed by atoms with van der Waals surface area (Å²) in [7, 11) is 0. The van der Waals surface area contributed by atoms with Crippen LogP contribution < -0.4 is 0 Å². The Morgan fingerprint density at radius 2 is 1.52 bits per heavy atom. The Morgan fingerprint density at radius 3 is 2.07 bits per heavy atom. The van der Waals surface area contributed by atoms with Crippen LogP contribution in [0.4, 0.5) is 0 Å². The molecule has 1 aromatic rings. The van der Waals surface area contributed by atoms with Crippen molar-refractivity contribution in [2.45, 2.75) is 56.6 Å². The molecule has 0 spiro atoms. The number of rotatable bonds is 5. The van der Waals surface area contributed by atoms with E-state index in [1.165, 1.54) is 12.1 Å². The number of esters is 1. The normalized spacial score (nSPS) is 30.1. The SMILES string of the molecule is CC1(C)OCC(N=O)(C2OC(C)(C)OCC2(N=O)OC(=O)c2ccccc2)CO1. The van der Waals surface area contributed by atoms with E-state index in [-0.39, 0.29) is 18.8 Å². The number of carbonyl (C=O) groups is 1. The summed E-state index contributed by atoms with van der Waals surface area (Å²) >= 11 is 0. The van der Waals surface area contributed by atoms with E-state index >= 15 is 0 Å². The van der Waals surface area contributed by atoms with Crippen molar-refractivity contribution in [2.24, 2.45) is 10.4 Å². The zero-order valence-corrected chi connectivity index (χ0v) is 16.7. The number of benzene rings is 1. The van der Waals surface area contributed by atoms with Crippen LogP contribution in [0.1, 0.15) is 38.1 Å². The molecule has 2 aliphatic heterocycles. The zero-order chi connectivity index (χ0) is 21.3. The summed E-state index contributed by atoms with van der Waals surface area (Å²) in [6, 6.07) is 8.06. The van der Waals surface area contributed by atoms with Crippen molar-refractivity contribution in [3.8, 4) is 0 Å². The van der Waals surface area contributed by atoms with Crippen LogP contribution >= 0.6 is 0 Å². The Balaban J connectivity index is 1.98. The number of nitrogens with zero attached hydrogens (tertiary/aromatic N) is 2. The predicted octanol–water partition coefficient (Wildman–Crippen LogP) is 2.75. The summed E-state index contributed by atoms with van der Waals surface area (Å²) in [5.41, 5.74) is -3.64. The molecule has 2 aliphatic rings. The summed E-state index contributed by atoms with van der Waals surface area (Å²) in [5.74, 6) is -2.96. The van der Waals surface area contributed by atoms with Gasteiger partial charge in [-0.2, -0.15) is 0 Å². The van der Waals surface area contributed by atoms with Gasteiger partial charge in [-0.15, -0.1) is 9.81 Å². The fraction of sp³-hybridized carbons (Fsp3) is 0.632. The first-order valence-corrected chi connectivity index (χ1v) is 9.14. The molecule has 0 aliphatic carbocycles. The van der Waals surface area contributed by atoms with E-state index in [1.807, 2.05) is 0 Å². The highest BCUT2D eigenvalue weighted by Crippen LogP contribution is 2.43. The highest BCUT2D eigenvalue weighted by atomic mass is 16.8. The summed E-state index contributed by atoms with van der Waals surface area (Å²) < 4.78 is 28.1. The fourth-order valence-electron chi connectivity index (χ4n) is 3.19. The molecule has 0 bridgehead atoms. The van der Waals surface area contributed by atoms with Gasteiger partial charge in [0.2, 0.25) is 0 Å². The maximum atomic E-state index is 12.7. The maximum Gasteiger partial charge on any atom is 0.340 e. The van der Waals surface area contributed by atoms with Crippen molar-refractivity contribution in [1.82, 2.24) is 0 Å².